The Bertz CT molecular complexity index is 551. The molecule has 1 aliphatic rings. The summed E-state index contributed by atoms with van der Waals surface area (Å²) < 4.78 is 0. The second-order valence-corrected chi connectivity index (χ2v) is 5.86. The number of carbonyl (C=O) groups excluding carboxylic acids is 1. The first kappa shape index (κ1) is 15.3. The van der Waals surface area contributed by atoms with Crippen LogP contribution in [0, 0.1) is 16.0 Å². The van der Waals surface area contributed by atoms with Crippen molar-refractivity contribution in [2.24, 2.45) is 5.92 Å². The zero-order chi connectivity index (χ0) is 15.6. The Hall–Kier alpha value is -2.11. The number of anilines is 1. The molecule has 1 aromatic rings. The van der Waals surface area contributed by atoms with Gasteiger partial charge in [0.25, 0.3) is 11.6 Å². The van der Waals surface area contributed by atoms with Gasteiger partial charge in [0, 0.05) is 30.9 Å². The Balaban J connectivity index is 2.19. The van der Waals surface area contributed by atoms with E-state index in [1.807, 2.05) is 0 Å². The first-order chi connectivity index (χ1) is 9.90. The van der Waals surface area contributed by atoms with Crippen LogP contribution >= 0.6 is 0 Å². The van der Waals surface area contributed by atoms with Crippen molar-refractivity contribution in [2.75, 3.05) is 12.8 Å². The van der Waals surface area contributed by atoms with E-state index in [9.17, 15) is 14.9 Å². The van der Waals surface area contributed by atoms with E-state index in [0.717, 1.165) is 25.7 Å². The molecule has 0 spiro atoms. The normalized spacial score (nSPS) is 21.8. The number of hydrogen-bond donors (Lipinski definition) is 1. The number of carbonyl (C=O) groups is 1. The highest BCUT2D eigenvalue weighted by Gasteiger charge is 2.27. The summed E-state index contributed by atoms with van der Waals surface area (Å²) in [5.41, 5.74) is 6.19. The summed E-state index contributed by atoms with van der Waals surface area (Å²) in [6.07, 6.45) is 4.15. The predicted molar refractivity (Wildman–Crippen MR) is 81.0 cm³/mol. The van der Waals surface area contributed by atoms with E-state index >= 15 is 0 Å². The fraction of sp³-hybridized carbons (Fsp3) is 0.533. The molecule has 6 heteroatoms. The van der Waals surface area contributed by atoms with Crippen LogP contribution in [0.1, 0.15) is 43.0 Å². The lowest BCUT2D eigenvalue weighted by atomic mass is 9.86. The van der Waals surface area contributed by atoms with Crippen LogP contribution in [0.3, 0.4) is 0 Å². The van der Waals surface area contributed by atoms with Crippen molar-refractivity contribution in [3.63, 3.8) is 0 Å². The van der Waals surface area contributed by atoms with E-state index in [1.165, 1.54) is 18.2 Å². The number of non-ortho nitro benzene ring substituents is 1. The van der Waals surface area contributed by atoms with Gasteiger partial charge >= 0.3 is 0 Å². The van der Waals surface area contributed by atoms with Gasteiger partial charge in [0.2, 0.25) is 0 Å². The molecule has 1 aromatic carbocycles. The Morgan fingerprint density at radius 1 is 1.33 bits per heavy atom. The standard InChI is InChI=1S/C15H21N3O3/c1-10-3-5-11(6-4-10)17(2)15(19)13-9-12(18(20)21)7-8-14(13)16/h7-11H,3-6,16H2,1-2H3. The Morgan fingerprint density at radius 2 is 1.95 bits per heavy atom. The summed E-state index contributed by atoms with van der Waals surface area (Å²) in [5.74, 6) is 0.461. The lowest BCUT2D eigenvalue weighted by molar-refractivity contribution is -0.384. The molecule has 0 saturated heterocycles. The first-order valence-corrected chi connectivity index (χ1v) is 7.21. The zero-order valence-corrected chi connectivity index (χ0v) is 12.4. The van der Waals surface area contributed by atoms with E-state index < -0.39 is 4.92 Å². The second kappa shape index (κ2) is 6.11. The number of nitrogen functional groups attached to an aromatic ring is 1. The highest BCUT2D eigenvalue weighted by Crippen LogP contribution is 2.28. The minimum Gasteiger partial charge on any atom is -0.398 e. The molecule has 0 bridgehead atoms. The molecule has 0 atom stereocenters. The zero-order valence-electron chi connectivity index (χ0n) is 12.4. The third-order valence-electron chi connectivity index (χ3n) is 4.33. The second-order valence-electron chi connectivity index (χ2n) is 5.86. The molecule has 0 unspecified atom stereocenters. The van der Waals surface area contributed by atoms with Gasteiger partial charge in [-0.05, 0) is 37.7 Å². The highest BCUT2D eigenvalue weighted by atomic mass is 16.6. The van der Waals surface area contributed by atoms with E-state index in [1.54, 1.807) is 11.9 Å². The maximum atomic E-state index is 12.5. The first-order valence-electron chi connectivity index (χ1n) is 7.21. The van der Waals surface area contributed by atoms with Crippen LogP contribution in [0.4, 0.5) is 11.4 Å². The van der Waals surface area contributed by atoms with Crippen LogP contribution in [-0.2, 0) is 0 Å². The van der Waals surface area contributed by atoms with Crippen LogP contribution in [0.15, 0.2) is 18.2 Å². The maximum absolute atomic E-state index is 12.5. The highest BCUT2D eigenvalue weighted by molar-refractivity contribution is 5.99. The smallest absolute Gasteiger partial charge is 0.270 e. The number of nitro groups is 1. The Morgan fingerprint density at radius 3 is 2.52 bits per heavy atom. The van der Waals surface area contributed by atoms with Crippen molar-refractivity contribution in [1.82, 2.24) is 4.90 Å². The molecule has 21 heavy (non-hydrogen) atoms. The number of nitrogens with two attached hydrogens (primary N) is 1. The average Bonchev–Trinajstić information content (AvgIpc) is 2.47. The molecule has 0 aliphatic heterocycles. The van der Waals surface area contributed by atoms with Gasteiger partial charge in [-0.25, -0.2) is 0 Å². The Labute approximate surface area is 124 Å². The molecule has 0 aromatic heterocycles. The third kappa shape index (κ3) is 3.32. The van der Waals surface area contributed by atoms with Gasteiger partial charge in [-0.1, -0.05) is 6.92 Å². The number of nitrogens with zero attached hydrogens (tertiary/aromatic N) is 2. The fourth-order valence-electron chi connectivity index (χ4n) is 2.83. The largest absolute Gasteiger partial charge is 0.398 e. The fourth-order valence-corrected chi connectivity index (χ4v) is 2.83. The molecule has 1 aliphatic carbocycles. The lowest BCUT2D eigenvalue weighted by Gasteiger charge is -2.33. The van der Waals surface area contributed by atoms with Gasteiger partial charge in [0.1, 0.15) is 0 Å². The minimum absolute atomic E-state index is 0.113. The minimum atomic E-state index is -0.515. The van der Waals surface area contributed by atoms with Crippen molar-refractivity contribution < 1.29 is 9.72 Å². The van der Waals surface area contributed by atoms with Crippen LogP contribution in [0.25, 0.3) is 0 Å². The van der Waals surface area contributed by atoms with E-state index in [2.05, 4.69) is 6.92 Å². The van der Waals surface area contributed by atoms with Crippen molar-refractivity contribution in [3.8, 4) is 0 Å². The summed E-state index contributed by atoms with van der Waals surface area (Å²) in [4.78, 5) is 24.5. The molecule has 1 saturated carbocycles. The monoisotopic (exact) mass is 291 g/mol. The van der Waals surface area contributed by atoms with Crippen molar-refractivity contribution in [2.45, 2.75) is 38.6 Å². The van der Waals surface area contributed by atoms with Crippen LogP contribution in [0.2, 0.25) is 0 Å². The average molecular weight is 291 g/mol. The lowest BCUT2D eigenvalue weighted by Crippen LogP contribution is -2.39. The van der Waals surface area contributed by atoms with Crippen molar-refractivity contribution in [1.29, 1.82) is 0 Å². The molecule has 1 amide bonds. The van der Waals surface area contributed by atoms with Gasteiger partial charge in [0.15, 0.2) is 0 Å². The molecule has 2 rings (SSSR count). The number of benzene rings is 1. The van der Waals surface area contributed by atoms with Gasteiger partial charge in [-0.15, -0.1) is 0 Å². The predicted octanol–water partition coefficient (Wildman–Crippen LogP) is 2.83. The SMILES string of the molecule is CC1CCC(N(C)C(=O)c2cc([N+](=O)[O-])ccc2N)CC1. The van der Waals surface area contributed by atoms with E-state index in [4.69, 9.17) is 5.73 Å². The number of hydrogen-bond acceptors (Lipinski definition) is 4. The van der Waals surface area contributed by atoms with E-state index in [-0.39, 0.29) is 28.9 Å². The van der Waals surface area contributed by atoms with Crippen molar-refractivity contribution in [3.05, 3.63) is 33.9 Å². The summed E-state index contributed by atoms with van der Waals surface area (Å²) in [6, 6.07) is 4.18. The maximum Gasteiger partial charge on any atom is 0.270 e. The van der Waals surface area contributed by atoms with Gasteiger partial charge in [0.05, 0.1) is 10.5 Å². The molecule has 114 valence electrons. The van der Waals surface area contributed by atoms with E-state index in [0.29, 0.717) is 5.92 Å². The van der Waals surface area contributed by atoms with Crippen LogP contribution in [0.5, 0.6) is 0 Å². The number of amides is 1. The molecule has 1 fully saturated rings. The molecule has 2 N–H and O–H groups in total. The van der Waals surface area contributed by atoms with Crippen LogP contribution < -0.4 is 5.73 Å². The Kier molecular flexibility index (Phi) is 4.45. The summed E-state index contributed by atoms with van der Waals surface area (Å²) >= 11 is 0. The topological polar surface area (TPSA) is 89.5 Å². The quantitative estimate of drug-likeness (QED) is 0.527. The summed E-state index contributed by atoms with van der Waals surface area (Å²) in [7, 11) is 1.75. The molecular weight excluding hydrogens is 270 g/mol. The van der Waals surface area contributed by atoms with Crippen molar-refractivity contribution >= 4 is 17.3 Å². The molecule has 6 nitrogen and oxygen atoms in total. The van der Waals surface area contributed by atoms with Gasteiger partial charge in [-0.2, -0.15) is 0 Å². The van der Waals surface area contributed by atoms with Gasteiger partial charge < -0.3 is 10.6 Å². The molecule has 0 heterocycles. The molecular formula is C15H21N3O3. The number of rotatable bonds is 3. The van der Waals surface area contributed by atoms with Crippen LogP contribution in [-0.4, -0.2) is 28.8 Å². The summed E-state index contributed by atoms with van der Waals surface area (Å²) in [6.45, 7) is 2.22. The van der Waals surface area contributed by atoms with Gasteiger partial charge in [-0.3, -0.25) is 14.9 Å². The summed E-state index contributed by atoms with van der Waals surface area (Å²) in [5, 5.41) is 10.8. The molecule has 0 radical (unpaired) electrons. The third-order valence-corrected chi connectivity index (χ3v) is 4.33. The number of nitro benzene ring substituents is 1.